The van der Waals surface area contributed by atoms with Crippen molar-refractivity contribution in [1.29, 1.82) is 0 Å². The highest BCUT2D eigenvalue weighted by Gasteiger charge is 2.05. The zero-order chi connectivity index (χ0) is 15.2. The SMILES string of the molecule is CCCCCCCCCCCCCC(=O)Oc1ccco1. The molecule has 0 aliphatic heterocycles. The molecule has 0 amide bonds. The lowest BCUT2D eigenvalue weighted by atomic mass is 10.1. The van der Waals surface area contributed by atoms with Crippen molar-refractivity contribution in [2.24, 2.45) is 0 Å². The predicted molar refractivity (Wildman–Crippen MR) is 85.4 cm³/mol. The summed E-state index contributed by atoms with van der Waals surface area (Å²) in [5.74, 6) is 0.101. The van der Waals surface area contributed by atoms with Crippen LogP contribution in [0.1, 0.15) is 84.0 Å². The molecule has 0 aliphatic carbocycles. The Morgan fingerprint density at radius 1 is 0.952 bits per heavy atom. The molecule has 0 radical (unpaired) electrons. The number of ether oxygens (including phenoxy) is 1. The highest BCUT2D eigenvalue weighted by Crippen LogP contribution is 2.14. The Kier molecular flexibility index (Phi) is 10.6. The lowest BCUT2D eigenvalue weighted by Gasteiger charge is -2.03. The van der Waals surface area contributed by atoms with Gasteiger partial charge in [-0.15, -0.1) is 0 Å². The van der Waals surface area contributed by atoms with Gasteiger partial charge < -0.3 is 9.15 Å². The van der Waals surface area contributed by atoms with Crippen LogP contribution in [0.25, 0.3) is 0 Å². The van der Waals surface area contributed by atoms with E-state index in [1.54, 1.807) is 12.1 Å². The maximum absolute atomic E-state index is 11.5. The zero-order valence-electron chi connectivity index (χ0n) is 13.4. The first-order chi connectivity index (χ1) is 10.3. The van der Waals surface area contributed by atoms with Gasteiger partial charge in [0, 0.05) is 12.5 Å². The smallest absolute Gasteiger partial charge is 0.313 e. The molecule has 0 aliphatic rings. The van der Waals surface area contributed by atoms with Gasteiger partial charge in [-0.3, -0.25) is 4.79 Å². The first-order valence-electron chi connectivity index (χ1n) is 8.57. The number of unbranched alkanes of at least 4 members (excludes halogenated alkanes) is 10. The molecule has 0 atom stereocenters. The summed E-state index contributed by atoms with van der Waals surface area (Å²) in [7, 11) is 0. The van der Waals surface area contributed by atoms with Crippen LogP contribution in [0.4, 0.5) is 0 Å². The molecule has 0 spiro atoms. The Morgan fingerprint density at radius 3 is 2.05 bits per heavy atom. The number of hydrogen-bond acceptors (Lipinski definition) is 3. The van der Waals surface area contributed by atoms with Crippen LogP contribution in [0.3, 0.4) is 0 Å². The minimum atomic E-state index is -0.194. The van der Waals surface area contributed by atoms with Crippen molar-refractivity contribution in [1.82, 2.24) is 0 Å². The molecule has 0 saturated carbocycles. The van der Waals surface area contributed by atoms with Gasteiger partial charge in [0.1, 0.15) is 0 Å². The first kappa shape index (κ1) is 17.8. The van der Waals surface area contributed by atoms with Crippen molar-refractivity contribution in [2.45, 2.75) is 84.0 Å². The Balaban J connectivity index is 1.81. The highest BCUT2D eigenvalue weighted by atomic mass is 16.6. The molecule has 0 N–H and O–H groups in total. The number of rotatable bonds is 13. The summed E-state index contributed by atoms with van der Waals surface area (Å²) in [4.78, 5) is 11.5. The third-order valence-corrected chi connectivity index (χ3v) is 3.69. The standard InChI is InChI=1S/C18H30O3/c1-2-3-4-5-6-7-8-9-10-11-12-14-17(19)21-18-15-13-16-20-18/h13,15-16H,2-12,14H2,1H3. The van der Waals surface area contributed by atoms with Crippen molar-refractivity contribution in [3.05, 3.63) is 18.4 Å². The monoisotopic (exact) mass is 294 g/mol. The number of hydrogen-bond donors (Lipinski definition) is 0. The molecule has 1 rings (SSSR count). The average Bonchev–Trinajstić information content (AvgIpc) is 2.97. The average molecular weight is 294 g/mol. The molecule has 0 aromatic carbocycles. The molecule has 3 heteroatoms. The van der Waals surface area contributed by atoms with E-state index in [1.807, 2.05) is 0 Å². The summed E-state index contributed by atoms with van der Waals surface area (Å²) in [6.45, 7) is 2.25. The molecule has 0 bridgehead atoms. The highest BCUT2D eigenvalue weighted by molar-refractivity contribution is 5.71. The van der Waals surface area contributed by atoms with Crippen LogP contribution < -0.4 is 4.74 Å². The molecule has 0 unspecified atom stereocenters. The Hall–Kier alpha value is -1.25. The van der Waals surface area contributed by atoms with Gasteiger partial charge in [-0.1, -0.05) is 71.1 Å². The van der Waals surface area contributed by atoms with Gasteiger partial charge in [-0.05, 0) is 12.5 Å². The molecule has 120 valence electrons. The van der Waals surface area contributed by atoms with Crippen LogP contribution in [0.15, 0.2) is 22.8 Å². The quantitative estimate of drug-likeness (QED) is 0.336. The van der Waals surface area contributed by atoms with E-state index in [9.17, 15) is 4.79 Å². The van der Waals surface area contributed by atoms with Crippen molar-refractivity contribution in [3.63, 3.8) is 0 Å². The van der Waals surface area contributed by atoms with Crippen LogP contribution in [0.5, 0.6) is 5.95 Å². The van der Waals surface area contributed by atoms with Gasteiger partial charge in [0.25, 0.3) is 5.95 Å². The predicted octanol–water partition coefficient (Wildman–Crippen LogP) is 5.89. The Morgan fingerprint density at radius 2 is 1.52 bits per heavy atom. The van der Waals surface area contributed by atoms with E-state index in [4.69, 9.17) is 9.15 Å². The number of carbonyl (C=O) groups excluding carboxylic acids is 1. The van der Waals surface area contributed by atoms with E-state index < -0.39 is 0 Å². The molecule has 1 aromatic rings. The van der Waals surface area contributed by atoms with Gasteiger partial charge in [-0.2, -0.15) is 0 Å². The first-order valence-corrected chi connectivity index (χ1v) is 8.57. The fraction of sp³-hybridized carbons (Fsp3) is 0.722. The summed E-state index contributed by atoms with van der Waals surface area (Å²) in [5.41, 5.74) is 0. The van der Waals surface area contributed by atoms with Crippen LogP contribution in [-0.2, 0) is 4.79 Å². The van der Waals surface area contributed by atoms with Gasteiger partial charge in [0.15, 0.2) is 0 Å². The normalized spacial score (nSPS) is 10.7. The second-order valence-electron chi connectivity index (χ2n) is 5.69. The van der Waals surface area contributed by atoms with E-state index in [1.165, 1.54) is 64.1 Å². The summed E-state index contributed by atoms with van der Waals surface area (Å²) >= 11 is 0. The molecule has 3 nitrogen and oxygen atoms in total. The van der Waals surface area contributed by atoms with E-state index in [0.29, 0.717) is 12.4 Å². The topological polar surface area (TPSA) is 39.4 Å². The molecule has 0 saturated heterocycles. The molecular weight excluding hydrogens is 264 g/mol. The van der Waals surface area contributed by atoms with Crippen LogP contribution >= 0.6 is 0 Å². The maximum atomic E-state index is 11.5. The minimum absolute atomic E-state index is 0.194. The van der Waals surface area contributed by atoms with Crippen molar-refractivity contribution < 1.29 is 13.9 Å². The molecule has 0 fully saturated rings. The maximum Gasteiger partial charge on any atom is 0.313 e. The zero-order valence-corrected chi connectivity index (χ0v) is 13.4. The fourth-order valence-corrected chi connectivity index (χ4v) is 2.42. The van der Waals surface area contributed by atoms with Crippen LogP contribution in [0, 0.1) is 0 Å². The number of carbonyl (C=O) groups is 1. The summed E-state index contributed by atoms with van der Waals surface area (Å²) in [5, 5.41) is 0. The summed E-state index contributed by atoms with van der Waals surface area (Å²) in [6, 6.07) is 3.36. The van der Waals surface area contributed by atoms with Crippen LogP contribution in [0.2, 0.25) is 0 Å². The summed E-state index contributed by atoms with van der Waals surface area (Å²) in [6.07, 6.45) is 16.1. The second-order valence-corrected chi connectivity index (χ2v) is 5.69. The van der Waals surface area contributed by atoms with Crippen LogP contribution in [-0.4, -0.2) is 5.97 Å². The van der Waals surface area contributed by atoms with Gasteiger partial charge in [-0.25, -0.2) is 0 Å². The van der Waals surface area contributed by atoms with E-state index in [-0.39, 0.29) is 5.97 Å². The lowest BCUT2D eigenvalue weighted by molar-refractivity contribution is -0.135. The fourth-order valence-electron chi connectivity index (χ4n) is 2.42. The largest absolute Gasteiger partial charge is 0.434 e. The minimum Gasteiger partial charge on any atom is -0.434 e. The lowest BCUT2D eigenvalue weighted by Crippen LogP contribution is -2.06. The second kappa shape index (κ2) is 12.5. The molecule has 21 heavy (non-hydrogen) atoms. The third kappa shape index (κ3) is 10.2. The van der Waals surface area contributed by atoms with E-state index in [0.717, 1.165) is 12.8 Å². The molecular formula is C18H30O3. The van der Waals surface area contributed by atoms with Gasteiger partial charge in [0.05, 0.1) is 6.26 Å². The van der Waals surface area contributed by atoms with Crippen molar-refractivity contribution in [3.8, 4) is 5.95 Å². The Bertz CT molecular complexity index is 343. The van der Waals surface area contributed by atoms with Gasteiger partial charge in [0.2, 0.25) is 0 Å². The van der Waals surface area contributed by atoms with Crippen molar-refractivity contribution >= 4 is 5.97 Å². The van der Waals surface area contributed by atoms with Crippen molar-refractivity contribution in [2.75, 3.05) is 0 Å². The molecule has 1 aromatic heterocycles. The third-order valence-electron chi connectivity index (χ3n) is 3.69. The van der Waals surface area contributed by atoms with E-state index in [2.05, 4.69) is 6.92 Å². The van der Waals surface area contributed by atoms with E-state index >= 15 is 0 Å². The van der Waals surface area contributed by atoms with Gasteiger partial charge >= 0.3 is 5.97 Å². The number of furan rings is 1. The molecule has 1 heterocycles. The Labute approximate surface area is 129 Å². The number of esters is 1. The summed E-state index contributed by atoms with van der Waals surface area (Å²) < 4.78 is 10.0.